The van der Waals surface area contributed by atoms with Gasteiger partial charge >= 0.3 is 41.8 Å². The Kier molecular flexibility index (Phi) is 39.4. The molecule has 1 aliphatic rings. The number of rotatable bonds is 0. The van der Waals surface area contributed by atoms with Gasteiger partial charge in [-0.1, -0.05) is 0 Å². The van der Waals surface area contributed by atoms with E-state index in [9.17, 15) is 34.5 Å². The van der Waals surface area contributed by atoms with Crippen LogP contribution in [0.15, 0.2) is 0 Å². The van der Waals surface area contributed by atoms with Gasteiger partial charge in [0, 0.05) is 23.0 Å². The molecule has 0 aliphatic carbocycles. The largest absolute Gasteiger partial charge is 2.00 e. The van der Waals surface area contributed by atoms with E-state index < -0.39 is 14.5 Å². The molecule has 6 nitrogen and oxygen atoms in total. The van der Waals surface area contributed by atoms with Crippen LogP contribution in [0.4, 0.5) is 34.5 Å². The van der Waals surface area contributed by atoms with Gasteiger partial charge in [-0.05, 0) is 0 Å². The van der Waals surface area contributed by atoms with E-state index in [4.69, 9.17) is 18.9 Å². The maximum Gasteiger partial charge on any atom is 2.00 e. The first-order valence-corrected chi connectivity index (χ1v) is 10.5. The summed E-state index contributed by atoms with van der Waals surface area (Å²) in [6, 6.07) is 0. The van der Waals surface area contributed by atoms with Crippen molar-refractivity contribution in [2.75, 3.05) is 75.9 Å². The molecule has 0 unspecified atom stereocenters. The first-order valence-electron chi connectivity index (χ1n) is 8.21. The molecule has 0 saturated carbocycles. The zero-order valence-electron chi connectivity index (χ0n) is 16.7. The number of hydrogen-bond acceptors (Lipinski definition) is 6. The van der Waals surface area contributed by atoms with Crippen molar-refractivity contribution in [3.8, 4) is 0 Å². The molecular weight excluding hydrogens is 685 g/mol. The zero-order valence-corrected chi connectivity index (χ0v) is 22.2. The summed E-state index contributed by atoms with van der Waals surface area (Å²) in [5, 5.41) is 0. The van der Waals surface area contributed by atoms with Gasteiger partial charge in [-0.3, -0.25) is 0 Å². The van der Waals surface area contributed by atoms with E-state index in [1.807, 2.05) is 23.5 Å². The molecule has 1 aliphatic heterocycles. The molecule has 190 valence electrons. The van der Waals surface area contributed by atoms with E-state index in [-0.39, 0.29) is 38.3 Å². The average Bonchev–Trinajstić information content (AvgIpc) is 2.52. The summed E-state index contributed by atoms with van der Waals surface area (Å²) in [7, 11) is -12.0. The SMILES string of the molecule is C1COCCSCCOCCOCCSCCO1.F[B-](F)(F)F.F[B-](F)(F)F.O.[OH3+].[Pb+2]. The van der Waals surface area contributed by atoms with Gasteiger partial charge in [0.25, 0.3) is 0 Å². The molecule has 0 aromatic carbocycles. The van der Waals surface area contributed by atoms with Crippen LogP contribution in [0.1, 0.15) is 0 Å². The Labute approximate surface area is 205 Å². The molecule has 0 aromatic rings. The number of hydrogen-bond donors (Lipinski definition) is 0. The van der Waals surface area contributed by atoms with E-state index in [1.54, 1.807) is 0 Å². The molecule has 19 heteroatoms. The molecule has 1 saturated heterocycles. The van der Waals surface area contributed by atoms with E-state index in [0.29, 0.717) is 26.4 Å². The van der Waals surface area contributed by atoms with Crippen LogP contribution < -0.4 is 0 Å². The Morgan fingerprint density at radius 1 is 0.452 bits per heavy atom. The Morgan fingerprint density at radius 3 is 0.774 bits per heavy atom. The number of halogens is 8. The number of thioether (sulfide) groups is 2. The third kappa shape index (κ3) is 72.2. The summed E-state index contributed by atoms with van der Waals surface area (Å²) in [6.45, 7) is 5.99. The Morgan fingerprint density at radius 2 is 0.613 bits per heavy atom. The molecule has 1 heterocycles. The fraction of sp³-hybridized carbons (Fsp3) is 1.00. The minimum absolute atomic E-state index is 0. The predicted molar refractivity (Wildman–Crippen MR) is 113 cm³/mol. The zero-order chi connectivity index (χ0) is 21.7. The van der Waals surface area contributed by atoms with Crippen LogP contribution in [0, 0.1) is 0 Å². The van der Waals surface area contributed by atoms with Crippen molar-refractivity contribution in [3.63, 3.8) is 0 Å². The Bertz CT molecular complexity index is 243. The molecular formula is C12H29B2F8O6PbS2+. The van der Waals surface area contributed by atoms with Gasteiger partial charge in [0.1, 0.15) is 0 Å². The van der Waals surface area contributed by atoms with E-state index in [1.165, 1.54) is 0 Å². The normalized spacial score (nSPS) is 17.8. The summed E-state index contributed by atoms with van der Waals surface area (Å²) >= 11 is 3.72. The van der Waals surface area contributed by atoms with Crippen molar-refractivity contribution < 1.29 is 64.4 Å². The standard InChI is InChI=1S/C12H24O4S2.2BF4.2H2O.Pb/c1-2-14-6-10-18-12-8-16-4-3-15-7-11-17-9-5-13-1;2*2-1(3,4)5;;;/h1-12H2;;;2*1H2;/q;2*-1;;;+2/p+1. The molecule has 0 amide bonds. The van der Waals surface area contributed by atoms with Gasteiger partial charge in [0.15, 0.2) is 0 Å². The van der Waals surface area contributed by atoms with Crippen LogP contribution in [0.3, 0.4) is 0 Å². The van der Waals surface area contributed by atoms with Gasteiger partial charge in [0.05, 0.1) is 52.9 Å². The molecule has 1 rings (SSSR count). The Hall–Kier alpha value is 0.952. The second kappa shape index (κ2) is 29.0. The topological polar surface area (TPSA) is 101 Å². The third-order valence-corrected chi connectivity index (χ3v) is 4.05. The van der Waals surface area contributed by atoms with E-state index >= 15 is 0 Å². The summed E-state index contributed by atoms with van der Waals surface area (Å²) in [6.07, 6.45) is 0. The molecule has 0 spiro atoms. The van der Waals surface area contributed by atoms with Gasteiger partial charge in [-0.25, -0.2) is 0 Å². The fourth-order valence-electron chi connectivity index (χ4n) is 1.32. The summed E-state index contributed by atoms with van der Waals surface area (Å²) in [5.41, 5.74) is 0. The van der Waals surface area contributed by atoms with Crippen molar-refractivity contribution in [2.24, 2.45) is 0 Å². The van der Waals surface area contributed by atoms with Crippen molar-refractivity contribution in [1.29, 1.82) is 0 Å². The Balaban J connectivity index is -0.000000147. The van der Waals surface area contributed by atoms with E-state index in [0.717, 1.165) is 49.4 Å². The second-order valence-electron chi connectivity index (χ2n) is 4.66. The third-order valence-electron chi connectivity index (χ3n) is 2.23. The first kappa shape index (κ1) is 42.1. The fourth-order valence-corrected chi connectivity index (χ4v) is 2.67. The predicted octanol–water partition coefficient (Wildman–Crippen LogP) is 2.01. The number of ether oxygens (including phenoxy) is 4. The van der Waals surface area contributed by atoms with Crippen molar-refractivity contribution in [1.82, 2.24) is 0 Å². The molecule has 0 bridgehead atoms. The van der Waals surface area contributed by atoms with Gasteiger partial charge in [0.2, 0.25) is 0 Å². The van der Waals surface area contributed by atoms with Crippen molar-refractivity contribution in [3.05, 3.63) is 0 Å². The van der Waals surface area contributed by atoms with Gasteiger partial charge in [-0.15, -0.1) is 0 Å². The molecule has 5 N–H and O–H groups in total. The van der Waals surface area contributed by atoms with Gasteiger partial charge < -0.3 is 64.4 Å². The quantitative estimate of drug-likeness (QED) is 0.217. The minimum atomic E-state index is -6.00. The average molecular weight is 714 g/mol. The van der Waals surface area contributed by atoms with Gasteiger partial charge in [-0.2, -0.15) is 23.5 Å². The summed E-state index contributed by atoms with van der Waals surface area (Å²) in [4.78, 5) is 0. The summed E-state index contributed by atoms with van der Waals surface area (Å²) in [5.74, 6) is 4.09. The molecule has 2 radical (unpaired) electrons. The summed E-state index contributed by atoms with van der Waals surface area (Å²) < 4.78 is 99.9. The van der Waals surface area contributed by atoms with Crippen LogP contribution in [0.2, 0.25) is 0 Å². The molecule has 0 atom stereocenters. The second-order valence-corrected chi connectivity index (χ2v) is 7.11. The van der Waals surface area contributed by atoms with Crippen molar-refractivity contribution in [2.45, 2.75) is 0 Å². The van der Waals surface area contributed by atoms with E-state index in [2.05, 4.69) is 0 Å². The van der Waals surface area contributed by atoms with Crippen LogP contribution in [0.5, 0.6) is 0 Å². The van der Waals surface area contributed by atoms with Crippen LogP contribution in [-0.2, 0) is 24.4 Å². The maximum atomic E-state index is 9.75. The smallest absolute Gasteiger partial charge is 0.457 e. The molecule has 1 fully saturated rings. The minimum Gasteiger partial charge on any atom is -0.457 e. The monoisotopic (exact) mass is 715 g/mol. The van der Waals surface area contributed by atoms with Crippen LogP contribution in [0.25, 0.3) is 0 Å². The van der Waals surface area contributed by atoms with Crippen LogP contribution in [-0.4, -0.2) is 123 Å². The molecule has 0 aromatic heterocycles. The first-order chi connectivity index (χ1) is 13.0. The maximum absolute atomic E-state index is 9.75. The van der Waals surface area contributed by atoms with Crippen LogP contribution >= 0.6 is 23.5 Å². The molecule has 31 heavy (non-hydrogen) atoms. The van der Waals surface area contributed by atoms with Crippen molar-refractivity contribution >= 4 is 65.3 Å².